The van der Waals surface area contributed by atoms with Gasteiger partial charge in [0.05, 0.1) is 24.1 Å². The van der Waals surface area contributed by atoms with E-state index in [-0.39, 0.29) is 5.91 Å². The summed E-state index contributed by atoms with van der Waals surface area (Å²) < 4.78 is 1.80. The molecule has 1 amide bonds. The van der Waals surface area contributed by atoms with Crippen molar-refractivity contribution in [2.45, 2.75) is 20.4 Å². The zero-order valence-corrected chi connectivity index (χ0v) is 15.8. The molecule has 0 saturated carbocycles. The molecule has 0 atom stereocenters. The minimum absolute atomic E-state index is 0.249. The number of hydrogen-bond donors (Lipinski definition) is 2. The van der Waals surface area contributed by atoms with E-state index in [4.69, 9.17) is 0 Å². The predicted octanol–water partition coefficient (Wildman–Crippen LogP) is 4.19. The van der Waals surface area contributed by atoms with Crippen LogP contribution in [0.3, 0.4) is 0 Å². The standard InChI is InChI=1S/C22H21N5O/c1-15-6-8-18(9-7-15)20-11-21(26-25-20)22(28)24-19-12-23-27(14-19)13-17-5-3-4-16(2)10-17/h3-12,14H,13H2,1-2H3,(H,24,28)(H,25,26). The van der Waals surface area contributed by atoms with Crippen LogP contribution in [0.1, 0.15) is 27.2 Å². The summed E-state index contributed by atoms with van der Waals surface area (Å²) in [5.74, 6) is -0.249. The minimum Gasteiger partial charge on any atom is -0.318 e. The van der Waals surface area contributed by atoms with Crippen LogP contribution >= 0.6 is 0 Å². The third-order valence-electron chi connectivity index (χ3n) is 4.49. The average molecular weight is 371 g/mol. The molecule has 0 unspecified atom stereocenters. The van der Waals surface area contributed by atoms with Crippen molar-refractivity contribution in [2.24, 2.45) is 0 Å². The number of aromatic nitrogens is 4. The topological polar surface area (TPSA) is 75.6 Å². The highest BCUT2D eigenvalue weighted by molar-refractivity contribution is 6.03. The molecular weight excluding hydrogens is 350 g/mol. The summed E-state index contributed by atoms with van der Waals surface area (Å²) in [4.78, 5) is 12.5. The molecule has 2 N–H and O–H groups in total. The third-order valence-corrected chi connectivity index (χ3v) is 4.49. The number of H-pyrrole nitrogens is 1. The summed E-state index contributed by atoms with van der Waals surface area (Å²) in [6.07, 6.45) is 3.46. The predicted molar refractivity (Wildman–Crippen MR) is 109 cm³/mol. The SMILES string of the molecule is Cc1ccc(-c2cc(C(=O)Nc3cnn(Cc4cccc(C)c4)c3)[nH]n2)cc1. The number of anilines is 1. The number of aromatic amines is 1. The highest BCUT2D eigenvalue weighted by Crippen LogP contribution is 2.19. The van der Waals surface area contributed by atoms with Gasteiger partial charge in [0.15, 0.2) is 0 Å². The number of rotatable bonds is 5. The van der Waals surface area contributed by atoms with Crippen LogP contribution in [0.4, 0.5) is 5.69 Å². The maximum atomic E-state index is 12.5. The van der Waals surface area contributed by atoms with E-state index < -0.39 is 0 Å². The van der Waals surface area contributed by atoms with Crippen LogP contribution in [0.5, 0.6) is 0 Å². The molecule has 0 aliphatic heterocycles. The van der Waals surface area contributed by atoms with E-state index in [2.05, 4.69) is 45.7 Å². The second-order valence-electron chi connectivity index (χ2n) is 6.90. The zero-order chi connectivity index (χ0) is 19.5. The number of hydrogen-bond acceptors (Lipinski definition) is 3. The number of benzene rings is 2. The summed E-state index contributed by atoms with van der Waals surface area (Å²) >= 11 is 0. The molecule has 4 aromatic rings. The summed E-state index contributed by atoms with van der Waals surface area (Å²) in [5, 5.41) is 14.2. The lowest BCUT2D eigenvalue weighted by molar-refractivity contribution is 0.102. The van der Waals surface area contributed by atoms with Crippen molar-refractivity contribution in [2.75, 3.05) is 5.32 Å². The van der Waals surface area contributed by atoms with Gasteiger partial charge in [-0.2, -0.15) is 10.2 Å². The van der Waals surface area contributed by atoms with Crippen LogP contribution < -0.4 is 5.32 Å². The molecule has 0 bridgehead atoms. The molecule has 140 valence electrons. The normalized spacial score (nSPS) is 10.8. The van der Waals surface area contributed by atoms with Gasteiger partial charge in [-0.15, -0.1) is 0 Å². The number of nitrogens with zero attached hydrogens (tertiary/aromatic N) is 3. The quantitative estimate of drug-likeness (QED) is 0.552. The molecule has 0 spiro atoms. The summed E-state index contributed by atoms with van der Waals surface area (Å²) in [6.45, 7) is 4.75. The van der Waals surface area contributed by atoms with Crippen LogP contribution in [0.25, 0.3) is 11.3 Å². The van der Waals surface area contributed by atoms with E-state index in [0.29, 0.717) is 17.9 Å². The van der Waals surface area contributed by atoms with Crippen LogP contribution in [-0.2, 0) is 6.54 Å². The maximum Gasteiger partial charge on any atom is 0.273 e. The molecule has 4 rings (SSSR count). The fraction of sp³-hybridized carbons (Fsp3) is 0.136. The highest BCUT2D eigenvalue weighted by Gasteiger charge is 2.12. The Labute approximate surface area is 163 Å². The highest BCUT2D eigenvalue weighted by atomic mass is 16.1. The van der Waals surface area contributed by atoms with Crippen molar-refractivity contribution in [1.82, 2.24) is 20.0 Å². The lowest BCUT2D eigenvalue weighted by Crippen LogP contribution is -2.11. The third kappa shape index (κ3) is 4.01. The zero-order valence-electron chi connectivity index (χ0n) is 15.8. The van der Waals surface area contributed by atoms with E-state index in [1.54, 1.807) is 16.9 Å². The van der Waals surface area contributed by atoms with Crippen molar-refractivity contribution in [3.05, 3.63) is 89.4 Å². The van der Waals surface area contributed by atoms with E-state index in [1.165, 1.54) is 11.1 Å². The van der Waals surface area contributed by atoms with E-state index in [0.717, 1.165) is 16.8 Å². The van der Waals surface area contributed by atoms with Crippen LogP contribution in [0, 0.1) is 13.8 Å². The van der Waals surface area contributed by atoms with Gasteiger partial charge in [-0.1, -0.05) is 59.7 Å². The lowest BCUT2D eigenvalue weighted by atomic mass is 10.1. The van der Waals surface area contributed by atoms with E-state index >= 15 is 0 Å². The second-order valence-corrected chi connectivity index (χ2v) is 6.90. The van der Waals surface area contributed by atoms with E-state index in [9.17, 15) is 4.79 Å². The van der Waals surface area contributed by atoms with Gasteiger partial charge in [0.25, 0.3) is 5.91 Å². The number of nitrogens with one attached hydrogen (secondary N) is 2. The second kappa shape index (κ2) is 7.52. The molecule has 0 radical (unpaired) electrons. The fourth-order valence-electron chi connectivity index (χ4n) is 3.02. The number of aryl methyl sites for hydroxylation is 2. The Bertz CT molecular complexity index is 1110. The first-order chi connectivity index (χ1) is 13.6. The van der Waals surface area contributed by atoms with Gasteiger partial charge in [-0.25, -0.2) is 0 Å². The number of amides is 1. The van der Waals surface area contributed by atoms with Crippen LogP contribution in [-0.4, -0.2) is 25.9 Å². The van der Waals surface area contributed by atoms with Gasteiger partial charge in [0, 0.05) is 11.8 Å². The summed E-state index contributed by atoms with van der Waals surface area (Å²) in [5.41, 5.74) is 6.30. The Kier molecular flexibility index (Phi) is 4.76. The Morgan fingerprint density at radius 1 is 1.07 bits per heavy atom. The van der Waals surface area contributed by atoms with Gasteiger partial charge in [0.1, 0.15) is 5.69 Å². The van der Waals surface area contributed by atoms with Crippen molar-refractivity contribution >= 4 is 11.6 Å². The summed E-state index contributed by atoms with van der Waals surface area (Å²) in [7, 11) is 0. The Morgan fingerprint density at radius 2 is 1.89 bits per heavy atom. The van der Waals surface area contributed by atoms with Gasteiger partial charge in [-0.05, 0) is 25.5 Å². The van der Waals surface area contributed by atoms with E-state index in [1.807, 2.05) is 43.5 Å². The average Bonchev–Trinajstić information content (AvgIpc) is 3.32. The molecule has 28 heavy (non-hydrogen) atoms. The van der Waals surface area contributed by atoms with Crippen LogP contribution in [0.15, 0.2) is 67.0 Å². The van der Waals surface area contributed by atoms with Crippen molar-refractivity contribution in [3.8, 4) is 11.3 Å². The first kappa shape index (κ1) is 17.7. The van der Waals surface area contributed by atoms with Gasteiger partial charge in [-0.3, -0.25) is 14.6 Å². The number of carbonyl (C=O) groups is 1. The molecule has 6 heteroatoms. The largest absolute Gasteiger partial charge is 0.318 e. The van der Waals surface area contributed by atoms with Crippen molar-refractivity contribution < 1.29 is 4.79 Å². The van der Waals surface area contributed by atoms with Crippen LogP contribution in [0.2, 0.25) is 0 Å². The molecule has 0 aliphatic rings. The molecular formula is C22H21N5O. The monoisotopic (exact) mass is 371 g/mol. The maximum absolute atomic E-state index is 12.5. The first-order valence-corrected chi connectivity index (χ1v) is 9.08. The molecule has 0 fully saturated rings. The smallest absolute Gasteiger partial charge is 0.273 e. The Hall–Kier alpha value is -3.67. The van der Waals surface area contributed by atoms with Crippen molar-refractivity contribution in [3.63, 3.8) is 0 Å². The lowest BCUT2D eigenvalue weighted by Gasteiger charge is -2.03. The molecule has 0 aliphatic carbocycles. The molecule has 2 aromatic carbocycles. The fourth-order valence-corrected chi connectivity index (χ4v) is 3.02. The Morgan fingerprint density at radius 3 is 2.68 bits per heavy atom. The van der Waals surface area contributed by atoms with Crippen molar-refractivity contribution in [1.29, 1.82) is 0 Å². The summed E-state index contributed by atoms with van der Waals surface area (Å²) in [6, 6.07) is 18.0. The molecule has 6 nitrogen and oxygen atoms in total. The van der Waals surface area contributed by atoms with Gasteiger partial charge < -0.3 is 5.32 Å². The molecule has 2 heterocycles. The number of carbonyl (C=O) groups excluding carboxylic acids is 1. The molecule has 2 aromatic heterocycles. The molecule has 0 saturated heterocycles. The van der Waals surface area contributed by atoms with Gasteiger partial charge >= 0.3 is 0 Å². The first-order valence-electron chi connectivity index (χ1n) is 9.08. The Balaban J connectivity index is 1.43. The minimum atomic E-state index is -0.249. The van der Waals surface area contributed by atoms with Gasteiger partial charge in [0.2, 0.25) is 0 Å².